The molecule has 1 aromatic carbocycles. The van der Waals surface area contributed by atoms with Crippen molar-refractivity contribution in [2.24, 2.45) is 0 Å². The van der Waals surface area contributed by atoms with Crippen LogP contribution >= 0.6 is 11.6 Å². The minimum absolute atomic E-state index is 0.331. The van der Waals surface area contributed by atoms with E-state index >= 15 is 0 Å². The number of rotatable bonds is 7. The highest BCUT2D eigenvalue weighted by Gasteiger charge is 2.53. The van der Waals surface area contributed by atoms with Gasteiger partial charge in [-0.05, 0) is 37.3 Å². The zero-order valence-electron chi connectivity index (χ0n) is 17.6. The number of alkyl halides is 3. The smallest absolute Gasteiger partial charge is 0.467 e. The van der Waals surface area contributed by atoms with Crippen LogP contribution < -0.4 is 0 Å². The van der Waals surface area contributed by atoms with E-state index in [1.165, 1.54) is 6.07 Å². The first-order valence-electron chi connectivity index (χ1n) is 8.90. The van der Waals surface area contributed by atoms with E-state index in [9.17, 15) is 22.8 Å². The van der Waals surface area contributed by atoms with Crippen LogP contribution in [0, 0.1) is 0 Å². The third-order valence-corrected chi connectivity index (χ3v) is 6.97. The zero-order valence-corrected chi connectivity index (χ0v) is 20.3. The first-order valence-corrected chi connectivity index (χ1v) is 16.1. The van der Waals surface area contributed by atoms with E-state index in [4.69, 9.17) is 20.8 Å². The SMILES string of the molecule is COC(=O)C(C(O[Si](C)(C)C)c1cccc(Cl)c1)N(C(=O)C(F)(F)F)[Si](C)(C)C. The molecule has 0 aliphatic carbocycles. The summed E-state index contributed by atoms with van der Waals surface area (Å²) in [6, 6.07) is 4.72. The maximum absolute atomic E-state index is 13.5. The Labute approximate surface area is 176 Å². The quantitative estimate of drug-likeness (QED) is 0.416. The predicted molar refractivity (Wildman–Crippen MR) is 111 cm³/mol. The fraction of sp³-hybridized carbons (Fsp3) is 0.556. The van der Waals surface area contributed by atoms with Crippen LogP contribution in [-0.4, -0.2) is 52.3 Å². The summed E-state index contributed by atoms with van der Waals surface area (Å²) in [5.74, 6) is -3.06. The molecule has 0 N–H and O–H groups in total. The van der Waals surface area contributed by atoms with Gasteiger partial charge in [-0.2, -0.15) is 13.2 Å². The number of ether oxygens (including phenoxy) is 1. The summed E-state index contributed by atoms with van der Waals surface area (Å²) in [6.07, 6.45) is -6.31. The number of carbonyl (C=O) groups is 2. The van der Waals surface area contributed by atoms with Crippen molar-refractivity contribution < 1.29 is 31.9 Å². The minimum atomic E-state index is -5.15. The second-order valence-electron chi connectivity index (χ2n) is 8.52. The molecule has 5 nitrogen and oxygen atoms in total. The number of hydrogen-bond donors (Lipinski definition) is 0. The molecule has 0 saturated heterocycles. The fourth-order valence-corrected chi connectivity index (χ4v) is 5.89. The normalized spacial score (nSPS) is 14.9. The van der Waals surface area contributed by atoms with Crippen molar-refractivity contribution in [3.8, 4) is 0 Å². The Kier molecular flexibility index (Phi) is 8.14. The maximum Gasteiger partial charge on any atom is 0.470 e. The molecule has 1 amide bonds. The number of nitrogens with zero attached hydrogens (tertiary/aromatic N) is 1. The van der Waals surface area contributed by atoms with Gasteiger partial charge < -0.3 is 13.7 Å². The highest BCUT2D eigenvalue weighted by molar-refractivity contribution is 6.75. The van der Waals surface area contributed by atoms with E-state index in [0.29, 0.717) is 15.2 Å². The molecule has 0 aliphatic heterocycles. The Hall–Kier alpha value is -1.37. The van der Waals surface area contributed by atoms with E-state index in [-0.39, 0.29) is 0 Å². The van der Waals surface area contributed by atoms with Crippen LogP contribution in [0.2, 0.25) is 44.3 Å². The van der Waals surface area contributed by atoms with Crippen LogP contribution in [0.5, 0.6) is 0 Å². The van der Waals surface area contributed by atoms with Gasteiger partial charge in [0.25, 0.3) is 0 Å². The lowest BCUT2D eigenvalue weighted by atomic mass is 10.0. The Balaban J connectivity index is 3.75. The lowest BCUT2D eigenvalue weighted by Gasteiger charge is -2.44. The summed E-state index contributed by atoms with van der Waals surface area (Å²) in [5.41, 5.74) is 0.397. The van der Waals surface area contributed by atoms with Crippen molar-refractivity contribution in [2.45, 2.75) is 57.6 Å². The number of hydrogen-bond acceptors (Lipinski definition) is 4. The van der Waals surface area contributed by atoms with Gasteiger partial charge in [0.05, 0.1) is 7.11 Å². The molecule has 0 saturated carbocycles. The van der Waals surface area contributed by atoms with Crippen molar-refractivity contribution in [3.63, 3.8) is 0 Å². The topological polar surface area (TPSA) is 55.8 Å². The molecule has 11 heteroatoms. The molecule has 0 aromatic heterocycles. The summed E-state index contributed by atoms with van der Waals surface area (Å²) >= 11 is 6.07. The summed E-state index contributed by atoms with van der Waals surface area (Å²) in [5, 5.41) is 0.331. The highest BCUT2D eigenvalue weighted by Crippen LogP contribution is 2.35. The maximum atomic E-state index is 13.5. The van der Waals surface area contributed by atoms with E-state index in [2.05, 4.69) is 0 Å². The number of esters is 1. The molecule has 0 heterocycles. The van der Waals surface area contributed by atoms with Crippen LogP contribution in [0.25, 0.3) is 0 Å². The van der Waals surface area contributed by atoms with Gasteiger partial charge >= 0.3 is 18.1 Å². The monoisotopic (exact) mass is 469 g/mol. The fourth-order valence-electron chi connectivity index (χ4n) is 2.85. The Bertz CT molecular complexity index is 748. The summed E-state index contributed by atoms with van der Waals surface area (Å²) in [4.78, 5) is 25.2. The molecule has 1 rings (SSSR count). The van der Waals surface area contributed by atoms with Crippen molar-refractivity contribution in [1.82, 2.24) is 4.57 Å². The third kappa shape index (κ3) is 7.12. The molecule has 2 unspecified atom stereocenters. The molecular formula is C18H27ClF3NO4Si2. The van der Waals surface area contributed by atoms with Gasteiger partial charge in [0.2, 0.25) is 0 Å². The molecule has 29 heavy (non-hydrogen) atoms. The van der Waals surface area contributed by atoms with Crippen molar-refractivity contribution in [3.05, 3.63) is 34.9 Å². The van der Waals surface area contributed by atoms with Gasteiger partial charge in [-0.3, -0.25) is 4.79 Å². The first-order chi connectivity index (χ1) is 13.0. The number of halogens is 4. The van der Waals surface area contributed by atoms with E-state index in [1.54, 1.807) is 37.8 Å². The molecule has 1 aromatic rings. The largest absolute Gasteiger partial charge is 0.470 e. The average Bonchev–Trinajstić information content (AvgIpc) is 2.53. The second kappa shape index (κ2) is 9.19. The van der Waals surface area contributed by atoms with Gasteiger partial charge in [0.1, 0.15) is 6.10 Å². The predicted octanol–water partition coefficient (Wildman–Crippen LogP) is 5.00. The number of benzene rings is 1. The second-order valence-corrected chi connectivity index (χ2v) is 18.2. The minimum Gasteiger partial charge on any atom is -0.467 e. The average molecular weight is 470 g/mol. The first kappa shape index (κ1) is 25.7. The van der Waals surface area contributed by atoms with Gasteiger partial charge in [0, 0.05) is 5.02 Å². The molecule has 2 atom stereocenters. The third-order valence-electron chi connectivity index (χ3n) is 3.85. The summed E-state index contributed by atoms with van der Waals surface area (Å²) in [7, 11) is -4.33. The van der Waals surface area contributed by atoms with Gasteiger partial charge in [-0.15, -0.1) is 0 Å². The molecule has 164 valence electrons. The number of amides is 1. The zero-order chi connectivity index (χ0) is 22.8. The van der Waals surface area contributed by atoms with Crippen LogP contribution in [-0.2, 0) is 18.8 Å². The summed E-state index contributed by atoms with van der Waals surface area (Å²) in [6.45, 7) is 10.2. The van der Waals surface area contributed by atoms with Crippen molar-refractivity contribution >= 4 is 40.0 Å². The van der Waals surface area contributed by atoms with Gasteiger partial charge in [-0.25, -0.2) is 4.79 Å². The molecule has 0 fully saturated rings. The lowest BCUT2D eigenvalue weighted by molar-refractivity contribution is -0.186. The van der Waals surface area contributed by atoms with Crippen LogP contribution in [0.3, 0.4) is 0 Å². The van der Waals surface area contributed by atoms with Gasteiger partial charge in [0.15, 0.2) is 22.6 Å². The Morgan fingerprint density at radius 3 is 2.03 bits per heavy atom. The van der Waals surface area contributed by atoms with Gasteiger partial charge in [-0.1, -0.05) is 43.4 Å². The molecule has 0 aliphatic rings. The van der Waals surface area contributed by atoms with Crippen LogP contribution in [0.1, 0.15) is 11.7 Å². The standard InChI is InChI=1S/C18H27ClF3NO4Si2/c1-26-16(24)14(23(28(2,3)4)17(25)18(20,21)22)15(27-29(5,6)7)12-9-8-10-13(19)11-12/h8-11,14-15H,1-7H3. The molecule has 0 spiro atoms. The molecule has 0 radical (unpaired) electrons. The Morgan fingerprint density at radius 1 is 1.10 bits per heavy atom. The highest BCUT2D eigenvalue weighted by atomic mass is 35.5. The van der Waals surface area contributed by atoms with E-state index in [1.807, 2.05) is 19.6 Å². The molecular weight excluding hydrogens is 443 g/mol. The Morgan fingerprint density at radius 2 is 1.66 bits per heavy atom. The van der Waals surface area contributed by atoms with Crippen molar-refractivity contribution in [1.29, 1.82) is 0 Å². The number of carbonyl (C=O) groups excluding carboxylic acids is 2. The lowest BCUT2D eigenvalue weighted by Crippen LogP contribution is -2.63. The van der Waals surface area contributed by atoms with Crippen molar-refractivity contribution in [2.75, 3.05) is 7.11 Å². The summed E-state index contributed by atoms with van der Waals surface area (Å²) < 4.78 is 51.9. The number of methoxy groups -OCH3 is 1. The van der Waals surface area contributed by atoms with Crippen LogP contribution in [0.4, 0.5) is 13.2 Å². The molecule has 0 bridgehead atoms. The van der Waals surface area contributed by atoms with E-state index in [0.717, 1.165) is 7.11 Å². The van der Waals surface area contributed by atoms with E-state index < -0.39 is 46.8 Å². The van der Waals surface area contributed by atoms with Crippen LogP contribution in [0.15, 0.2) is 24.3 Å².